The molecular formula is C18H20N2O3S. The molecular weight excluding hydrogens is 324 g/mol. The van der Waals surface area contributed by atoms with Crippen molar-refractivity contribution in [3.05, 3.63) is 47.7 Å². The van der Waals surface area contributed by atoms with Crippen molar-refractivity contribution in [3.8, 4) is 11.6 Å². The quantitative estimate of drug-likeness (QED) is 0.899. The van der Waals surface area contributed by atoms with Crippen molar-refractivity contribution in [2.45, 2.75) is 19.4 Å². The maximum Gasteiger partial charge on any atom is 0.256 e. The Morgan fingerprint density at radius 3 is 2.96 bits per heavy atom. The zero-order chi connectivity index (χ0) is 16.9. The molecule has 2 aromatic rings. The van der Waals surface area contributed by atoms with Gasteiger partial charge in [-0.3, -0.25) is 4.79 Å². The lowest BCUT2D eigenvalue weighted by Crippen LogP contribution is -2.17. The molecule has 1 aromatic heterocycles. The summed E-state index contributed by atoms with van der Waals surface area (Å²) in [6.45, 7) is 1.97. The number of hydrogen-bond acceptors (Lipinski definition) is 5. The Bertz CT molecular complexity index is 730. The van der Waals surface area contributed by atoms with E-state index in [9.17, 15) is 4.79 Å². The number of thioether (sulfide) groups is 1. The van der Waals surface area contributed by atoms with Gasteiger partial charge in [0.2, 0.25) is 5.88 Å². The minimum atomic E-state index is -0.216. The molecule has 6 heteroatoms. The van der Waals surface area contributed by atoms with E-state index in [4.69, 9.17) is 9.47 Å². The number of benzene rings is 1. The van der Waals surface area contributed by atoms with Gasteiger partial charge in [-0.1, -0.05) is 6.07 Å². The number of anilines is 1. The Labute approximate surface area is 145 Å². The second-order valence-corrected chi connectivity index (χ2v) is 6.79. The number of hydrogen-bond donors (Lipinski definition) is 1. The van der Waals surface area contributed by atoms with Crippen LogP contribution in [0.4, 0.5) is 5.69 Å². The number of amides is 1. The predicted octanol–water partition coefficient (Wildman–Crippen LogP) is 3.54. The van der Waals surface area contributed by atoms with Crippen LogP contribution in [0.25, 0.3) is 0 Å². The molecule has 0 radical (unpaired) electrons. The molecule has 24 heavy (non-hydrogen) atoms. The van der Waals surface area contributed by atoms with Crippen LogP contribution in [0, 0.1) is 6.92 Å². The van der Waals surface area contributed by atoms with Gasteiger partial charge in [-0.15, -0.1) is 0 Å². The molecule has 1 amide bonds. The first-order valence-corrected chi connectivity index (χ1v) is 8.97. The Hall–Kier alpha value is -2.21. The summed E-state index contributed by atoms with van der Waals surface area (Å²) in [6.07, 6.45) is 2.79. The molecule has 1 aliphatic rings. The van der Waals surface area contributed by atoms with Crippen molar-refractivity contribution in [2.24, 2.45) is 0 Å². The maximum absolute atomic E-state index is 12.5. The highest BCUT2D eigenvalue weighted by Gasteiger charge is 2.18. The third-order valence-electron chi connectivity index (χ3n) is 3.78. The van der Waals surface area contributed by atoms with E-state index < -0.39 is 0 Å². The highest BCUT2D eigenvalue weighted by atomic mass is 32.2. The number of rotatable bonds is 5. The van der Waals surface area contributed by atoms with Crippen LogP contribution in [0.5, 0.6) is 11.6 Å². The maximum atomic E-state index is 12.5. The van der Waals surface area contributed by atoms with Crippen molar-refractivity contribution in [1.29, 1.82) is 0 Å². The number of pyridine rings is 1. The Morgan fingerprint density at radius 1 is 1.33 bits per heavy atom. The highest BCUT2D eigenvalue weighted by molar-refractivity contribution is 7.99. The van der Waals surface area contributed by atoms with Gasteiger partial charge >= 0.3 is 0 Å². The first kappa shape index (κ1) is 16.6. The fourth-order valence-corrected chi connectivity index (χ4v) is 3.60. The average molecular weight is 344 g/mol. The summed E-state index contributed by atoms with van der Waals surface area (Å²) in [5.74, 6) is 2.98. The van der Waals surface area contributed by atoms with Crippen molar-refractivity contribution in [1.82, 2.24) is 4.98 Å². The third kappa shape index (κ3) is 4.00. The summed E-state index contributed by atoms with van der Waals surface area (Å²) in [6, 6.07) is 9.01. The van der Waals surface area contributed by atoms with E-state index in [1.807, 2.05) is 36.9 Å². The van der Waals surface area contributed by atoms with Crippen LogP contribution in [0.3, 0.4) is 0 Å². The number of nitrogens with one attached hydrogen (secondary N) is 1. The number of nitrogens with zero attached hydrogens (tertiary/aromatic N) is 1. The molecule has 1 N–H and O–H groups in total. The number of carbonyl (C=O) groups is 1. The fraction of sp³-hybridized carbons (Fsp3) is 0.333. The van der Waals surface area contributed by atoms with Crippen LogP contribution in [0.15, 0.2) is 36.5 Å². The molecule has 1 aliphatic heterocycles. The van der Waals surface area contributed by atoms with Gasteiger partial charge < -0.3 is 14.8 Å². The monoisotopic (exact) mass is 344 g/mol. The fourth-order valence-electron chi connectivity index (χ4n) is 2.51. The van der Waals surface area contributed by atoms with Gasteiger partial charge in [0.25, 0.3) is 5.91 Å². The summed E-state index contributed by atoms with van der Waals surface area (Å²) in [7, 11) is 1.58. The predicted molar refractivity (Wildman–Crippen MR) is 96.3 cm³/mol. The molecule has 1 atom stereocenters. The van der Waals surface area contributed by atoms with E-state index in [-0.39, 0.29) is 12.0 Å². The molecule has 1 fully saturated rings. The van der Waals surface area contributed by atoms with Gasteiger partial charge in [0, 0.05) is 23.6 Å². The molecule has 1 saturated heterocycles. The SMILES string of the molecule is COc1ccc(C)cc1NC(=O)c1ccnc(O[C@H]2CCSC2)c1. The standard InChI is InChI=1S/C18H20N2O3S/c1-12-3-4-16(22-2)15(9-12)20-18(21)13-5-7-19-17(10-13)23-14-6-8-24-11-14/h3-5,7,9-10,14H,6,8,11H2,1-2H3,(H,20,21)/t14-/m0/s1. The Morgan fingerprint density at radius 2 is 2.21 bits per heavy atom. The Balaban J connectivity index is 1.74. The van der Waals surface area contributed by atoms with Gasteiger partial charge in [-0.05, 0) is 42.9 Å². The summed E-state index contributed by atoms with van der Waals surface area (Å²) in [5.41, 5.74) is 2.20. The van der Waals surface area contributed by atoms with Crippen molar-refractivity contribution < 1.29 is 14.3 Å². The zero-order valence-electron chi connectivity index (χ0n) is 13.7. The summed E-state index contributed by atoms with van der Waals surface area (Å²) in [4.78, 5) is 16.7. The molecule has 126 valence electrons. The molecule has 2 heterocycles. The third-order valence-corrected chi connectivity index (χ3v) is 4.91. The first-order valence-electron chi connectivity index (χ1n) is 7.82. The van der Waals surface area contributed by atoms with Gasteiger partial charge in [-0.25, -0.2) is 4.98 Å². The van der Waals surface area contributed by atoms with Crippen molar-refractivity contribution >= 4 is 23.4 Å². The lowest BCUT2D eigenvalue weighted by Gasteiger charge is -2.13. The molecule has 0 saturated carbocycles. The van der Waals surface area contributed by atoms with Crippen molar-refractivity contribution in [3.63, 3.8) is 0 Å². The second kappa shape index (κ2) is 7.57. The second-order valence-electron chi connectivity index (χ2n) is 5.64. The lowest BCUT2D eigenvalue weighted by atomic mass is 10.2. The molecule has 0 spiro atoms. The molecule has 5 nitrogen and oxygen atoms in total. The van der Waals surface area contributed by atoms with Gasteiger partial charge in [0.15, 0.2) is 0 Å². The number of carbonyl (C=O) groups excluding carboxylic acids is 1. The normalized spacial score (nSPS) is 16.7. The summed E-state index contributed by atoms with van der Waals surface area (Å²) < 4.78 is 11.1. The number of methoxy groups -OCH3 is 1. The van der Waals surface area contributed by atoms with E-state index in [2.05, 4.69) is 10.3 Å². The smallest absolute Gasteiger partial charge is 0.256 e. The van der Waals surface area contributed by atoms with E-state index in [1.165, 1.54) is 0 Å². The van der Waals surface area contributed by atoms with Gasteiger partial charge in [0.1, 0.15) is 11.9 Å². The summed E-state index contributed by atoms with van der Waals surface area (Å²) in [5, 5.41) is 2.89. The first-order chi connectivity index (χ1) is 11.7. The van der Waals surface area contributed by atoms with Gasteiger partial charge in [-0.2, -0.15) is 11.8 Å². The van der Waals surface area contributed by atoms with Crippen LogP contribution in [0.2, 0.25) is 0 Å². The Kier molecular flexibility index (Phi) is 5.25. The molecule has 0 aliphatic carbocycles. The van der Waals surface area contributed by atoms with E-state index in [1.54, 1.807) is 25.4 Å². The van der Waals surface area contributed by atoms with Crippen LogP contribution in [0.1, 0.15) is 22.3 Å². The molecule has 1 aromatic carbocycles. The van der Waals surface area contributed by atoms with Gasteiger partial charge in [0.05, 0.1) is 12.8 Å². The summed E-state index contributed by atoms with van der Waals surface area (Å²) >= 11 is 1.87. The number of aryl methyl sites for hydroxylation is 1. The molecule has 0 bridgehead atoms. The number of aromatic nitrogens is 1. The zero-order valence-corrected chi connectivity index (χ0v) is 14.6. The minimum Gasteiger partial charge on any atom is -0.495 e. The van der Waals surface area contributed by atoms with E-state index in [0.29, 0.717) is 22.9 Å². The van der Waals surface area contributed by atoms with Crippen LogP contribution in [-0.2, 0) is 0 Å². The lowest BCUT2D eigenvalue weighted by molar-refractivity contribution is 0.102. The van der Waals surface area contributed by atoms with E-state index >= 15 is 0 Å². The largest absolute Gasteiger partial charge is 0.495 e. The topological polar surface area (TPSA) is 60.5 Å². The van der Waals surface area contributed by atoms with Crippen LogP contribution < -0.4 is 14.8 Å². The molecule has 3 rings (SSSR count). The highest BCUT2D eigenvalue weighted by Crippen LogP contribution is 2.26. The average Bonchev–Trinajstić information content (AvgIpc) is 3.08. The van der Waals surface area contributed by atoms with Crippen LogP contribution in [-0.4, -0.2) is 35.6 Å². The van der Waals surface area contributed by atoms with E-state index in [0.717, 1.165) is 23.5 Å². The number of ether oxygens (including phenoxy) is 2. The van der Waals surface area contributed by atoms with Crippen LogP contribution >= 0.6 is 11.8 Å². The van der Waals surface area contributed by atoms with Crippen molar-refractivity contribution in [2.75, 3.05) is 23.9 Å². The molecule has 0 unspecified atom stereocenters. The minimum absolute atomic E-state index is 0.178.